The summed E-state index contributed by atoms with van der Waals surface area (Å²) in [5.41, 5.74) is 1.89. The van der Waals surface area contributed by atoms with Crippen molar-refractivity contribution < 1.29 is 9.47 Å². The maximum Gasteiger partial charge on any atom is 0.121 e. The van der Waals surface area contributed by atoms with Crippen LogP contribution in [0.1, 0.15) is 5.56 Å². The van der Waals surface area contributed by atoms with Crippen LogP contribution in [0.25, 0.3) is 0 Å². The molecule has 0 aromatic heterocycles. The lowest BCUT2D eigenvalue weighted by Crippen LogP contribution is -1.84. The molecular weight excluding hydrogens is 226 g/mol. The molecule has 0 amide bonds. The van der Waals surface area contributed by atoms with E-state index < -0.39 is 0 Å². The van der Waals surface area contributed by atoms with Gasteiger partial charge in [-0.1, -0.05) is 6.07 Å². The Hall–Kier alpha value is -2.29. The minimum atomic E-state index is 0.805. The summed E-state index contributed by atoms with van der Waals surface area (Å²) < 4.78 is 10.2. The van der Waals surface area contributed by atoms with E-state index in [4.69, 9.17) is 9.47 Å². The van der Waals surface area contributed by atoms with E-state index in [1.807, 2.05) is 54.7 Å². The summed E-state index contributed by atoms with van der Waals surface area (Å²) >= 11 is 0. The lowest BCUT2D eigenvalue weighted by molar-refractivity contribution is 0.415. The van der Waals surface area contributed by atoms with Crippen LogP contribution >= 0.6 is 0 Å². The van der Waals surface area contributed by atoms with Gasteiger partial charge in [-0.15, -0.1) is 0 Å². The van der Waals surface area contributed by atoms with Crippen molar-refractivity contribution in [3.05, 3.63) is 54.1 Å². The number of hydrogen-bond donors (Lipinski definition) is 0. The molecule has 0 fully saturated rings. The molecule has 2 rings (SSSR count). The fourth-order valence-corrected chi connectivity index (χ4v) is 1.53. The van der Waals surface area contributed by atoms with Gasteiger partial charge in [0, 0.05) is 12.3 Å². The van der Waals surface area contributed by atoms with Gasteiger partial charge >= 0.3 is 0 Å². The Kier molecular flexibility index (Phi) is 3.97. The van der Waals surface area contributed by atoms with Gasteiger partial charge in [0.15, 0.2) is 0 Å². The highest BCUT2D eigenvalue weighted by molar-refractivity contribution is 5.82. The molecule has 0 N–H and O–H groups in total. The van der Waals surface area contributed by atoms with E-state index in [9.17, 15) is 0 Å². The van der Waals surface area contributed by atoms with Crippen LogP contribution in [0.4, 0.5) is 5.69 Å². The summed E-state index contributed by atoms with van der Waals surface area (Å²) in [6.45, 7) is 0. The zero-order valence-electron chi connectivity index (χ0n) is 10.5. The second kappa shape index (κ2) is 5.87. The van der Waals surface area contributed by atoms with Gasteiger partial charge < -0.3 is 9.47 Å². The highest BCUT2D eigenvalue weighted by Crippen LogP contribution is 2.19. The number of nitrogens with zero attached hydrogens (tertiary/aromatic N) is 1. The van der Waals surface area contributed by atoms with Crippen molar-refractivity contribution in [3.8, 4) is 11.5 Å². The van der Waals surface area contributed by atoms with Crippen molar-refractivity contribution in [3.63, 3.8) is 0 Å². The predicted octanol–water partition coefficient (Wildman–Crippen LogP) is 3.45. The second-order valence-corrected chi connectivity index (χ2v) is 3.73. The molecule has 92 valence electrons. The Bertz CT molecular complexity index is 532. The molecule has 0 aliphatic heterocycles. The Labute approximate surface area is 107 Å². The lowest BCUT2D eigenvalue weighted by atomic mass is 10.2. The van der Waals surface area contributed by atoms with Crippen LogP contribution in [0.2, 0.25) is 0 Å². The van der Waals surface area contributed by atoms with Crippen molar-refractivity contribution in [1.82, 2.24) is 0 Å². The molecule has 0 bridgehead atoms. The average Bonchev–Trinajstić information content (AvgIpc) is 2.46. The van der Waals surface area contributed by atoms with Crippen molar-refractivity contribution >= 4 is 11.9 Å². The van der Waals surface area contributed by atoms with Gasteiger partial charge in [0.1, 0.15) is 11.5 Å². The Morgan fingerprint density at radius 2 is 1.61 bits per heavy atom. The van der Waals surface area contributed by atoms with E-state index in [2.05, 4.69) is 4.99 Å². The molecule has 0 aliphatic rings. The number of ether oxygens (including phenoxy) is 2. The number of benzene rings is 2. The first-order valence-corrected chi connectivity index (χ1v) is 5.64. The zero-order valence-corrected chi connectivity index (χ0v) is 10.5. The van der Waals surface area contributed by atoms with Gasteiger partial charge in [-0.3, -0.25) is 4.99 Å². The third kappa shape index (κ3) is 3.10. The van der Waals surface area contributed by atoms with Gasteiger partial charge in [-0.25, -0.2) is 0 Å². The normalized spacial score (nSPS) is 10.6. The van der Waals surface area contributed by atoms with E-state index in [0.717, 1.165) is 22.7 Å². The molecule has 2 aromatic carbocycles. The highest BCUT2D eigenvalue weighted by atomic mass is 16.5. The zero-order chi connectivity index (χ0) is 12.8. The number of aliphatic imine (C=N–C) groups is 1. The largest absolute Gasteiger partial charge is 0.497 e. The maximum absolute atomic E-state index is 5.15. The quantitative estimate of drug-likeness (QED) is 0.767. The molecule has 0 unspecified atom stereocenters. The minimum absolute atomic E-state index is 0.805. The molecule has 0 radical (unpaired) electrons. The van der Waals surface area contributed by atoms with E-state index in [0.29, 0.717) is 0 Å². The summed E-state index contributed by atoms with van der Waals surface area (Å²) in [5, 5.41) is 0. The van der Waals surface area contributed by atoms with E-state index in [1.54, 1.807) is 14.2 Å². The third-order valence-corrected chi connectivity index (χ3v) is 2.53. The molecule has 3 heteroatoms. The van der Waals surface area contributed by atoms with Crippen LogP contribution in [0.3, 0.4) is 0 Å². The van der Waals surface area contributed by atoms with Crippen LogP contribution < -0.4 is 9.47 Å². The number of hydrogen-bond acceptors (Lipinski definition) is 3. The first-order valence-electron chi connectivity index (χ1n) is 5.64. The molecular formula is C15H15NO2. The fourth-order valence-electron chi connectivity index (χ4n) is 1.53. The Morgan fingerprint density at radius 1 is 0.889 bits per heavy atom. The van der Waals surface area contributed by atoms with Crippen molar-refractivity contribution in [2.75, 3.05) is 14.2 Å². The van der Waals surface area contributed by atoms with Crippen LogP contribution in [0.5, 0.6) is 11.5 Å². The van der Waals surface area contributed by atoms with E-state index in [-0.39, 0.29) is 0 Å². The fraction of sp³-hybridized carbons (Fsp3) is 0.133. The van der Waals surface area contributed by atoms with Crippen LogP contribution in [0.15, 0.2) is 53.5 Å². The summed E-state index contributed by atoms with van der Waals surface area (Å²) in [6, 6.07) is 15.4. The van der Waals surface area contributed by atoms with Crippen LogP contribution in [-0.4, -0.2) is 20.4 Å². The minimum Gasteiger partial charge on any atom is -0.497 e. The van der Waals surface area contributed by atoms with Gasteiger partial charge in [-0.05, 0) is 42.0 Å². The summed E-state index contributed by atoms with van der Waals surface area (Å²) in [5.74, 6) is 1.65. The van der Waals surface area contributed by atoms with Gasteiger partial charge in [0.05, 0.1) is 19.9 Å². The molecule has 0 spiro atoms. The molecule has 0 saturated heterocycles. The third-order valence-electron chi connectivity index (χ3n) is 2.53. The van der Waals surface area contributed by atoms with Crippen LogP contribution in [0, 0.1) is 0 Å². The lowest BCUT2D eigenvalue weighted by Gasteiger charge is -2.00. The van der Waals surface area contributed by atoms with E-state index in [1.165, 1.54) is 0 Å². The average molecular weight is 241 g/mol. The molecule has 0 atom stereocenters. The molecule has 2 aromatic rings. The van der Waals surface area contributed by atoms with Crippen molar-refractivity contribution in [2.24, 2.45) is 4.99 Å². The van der Waals surface area contributed by atoms with Crippen LogP contribution in [-0.2, 0) is 0 Å². The predicted molar refractivity (Wildman–Crippen MR) is 73.2 cm³/mol. The molecule has 3 nitrogen and oxygen atoms in total. The molecule has 0 aliphatic carbocycles. The van der Waals surface area contributed by atoms with Crippen molar-refractivity contribution in [1.29, 1.82) is 0 Å². The summed E-state index contributed by atoms with van der Waals surface area (Å²) in [7, 11) is 3.30. The number of rotatable bonds is 4. The number of methoxy groups -OCH3 is 2. The Morgan fingerprint density at radius 3 is 2.28 bits per heavy atom. The van der Waals surface area contributed by atoms with Gasteiger partial charge in [0.2, 0.25) is 0 Å². The van der Waals surface area contributed by atoms with Gasteiger partial charge in [-0.2, -0.15) is 0 Å². The summed E-state index contributed by atoms with van der Waals surface area (Å²) in [6.07, 6.45) is 1.81. The second-order valence-electron chi connectivity index (χ2n) is 3.73. The van der Waals surface area contributed by atoms with E-state index >= 15 is 0 Å². The first kappa shape index (κ1) is 12.2. The first-order chi connectivity index (χ1) is 8.81. The maximum atomic E-state index is 5.15. The topological polar surface area (TPSA) is 30.8 Å². The highest BCUT2D eigenvalue weighted by Gasteiger charge is 1.94. The molecule has 0 heterocycles. The SMILES string of the molecule is COc1ccc(C=Nc2cccc(OC)c2)cc1. The smallest absolute Gasteiger partial charge is 0.121 e. The molecule has 0 saturated carbocycles. The monoisotopic (exact) mass is 241 g/mol. The van der Waals surface area contributed by atoms with Crippen molar-refractivity contribution in [2.45, 2.75) is 0 Å². The standard InChI is InChI=1S/C15H15NO2/c1-17-14-8-6-12(7-9-14)11-16-13-4-3-5-15(10-13)18-2/h3-11H,1-2H3. The van der Waals surface area contributed by atoms with Gasteiger partial charge in [0.25, 0.3) is 0 Å². The molecule has 18 heavy (non-hydrogen) atoms. The summed E-state index contributed by atoms with van der Waals surface area (Å²) in [4.78, 5) is 4.39. The Balaban J connectivity index is 2.13.